The van der Waals surface area contributed by atoms with Crippen LogP contribution in [0.2, 0.25) is 0 Å². The first-order chi connectivity index (χ1) is 16.5. The maximum Gasteiger partial charge on any atom is 0.191 e. The minimum atomic E-state index is -0.670. The molecule has 0 radical (unpaired) electrons. The fraction of sp³-hybridized carbons (Fsp3) is 0.120. The van der Waals surface area contributed by atoms with Gasteiger partial charge in [-0.2, -0.15) is 0 Å². The molecule has 0 unspecified atom stereocenters. The van der Waals surface area contributed by atoms with Crippen molar-refractivity contribution in [3.8, 4) is 28.3 Å². The van der Waals surface area contributed by atoms with Crippen LogP contribution in [-0.2, 0) is 6.54 Å². The maximum atomic E-state index is 13.9. The zero-order chi connectivity index (χ0) is 23.7. The Labute approximate surface area is 193 Å². The van der Waals surface area contributed by atoms with Gasteiger partial charge in [-0.05, 0) is 47.5 Å². The van der Waals surface area contributed by atoms with E-state index in [-0.39, 0.29) is 0 Å². The van der Waals surface area contributed by atoms with Crippen LogP contribution in [0, 0.1) is 18.6 Å². The number of nitrogens with one attached hydrogen (secondary N) is 1. The molecule has 170 valence electrons. The van der Waals surface area contributed by atoms with E-state index in [4.69, 9.17) is 19.1 Å². The van der Waals surface area contributed by atoms with E-state index in [1.807, 2.05) is 6.07 Å². The Kier molecular flexibility index (Phi) is 5.59. The molecule has 34 heavy (non-hydrogen) atoms. The fourth-order valence-corrected chi connectivity index (χ4v) is 3.66. The van der Waals surface area contributed by atoms with Gasteiger partial charge in [-0.3, -0.25) is 4.98 Å². The second-order valence-corrected chi connectivity index (χ2v) is 7.57. The van der Waals surface area contributed by atoms with Crippen molar-refractivity contribution < 1.29 is 17.9 Å². The average molecular weight is 459 g/mol. The van der Waals surface area contributed by atoms with Gasteiger partial charge in [-0.15, -0.1) is 0 Å². The minimum Gasteiger partial charge on any atom is -0.494 e. The number of ether oxygens (including phenoxy) is 1. The molecule has 0 bridgehead atoms. The van der Waals surface area contributed by atoms with Crippen LogP contribution in [0.15, 0.2) is 65.5 Å². The minimum absolute atomic E-state index is 0.320. The van der Waals surface area contributed by atoms with Crippen LogP contribution in [0.1, 0.15) is 11.7 Å². The van der Waals surface area contributed by atoms with Crippen molar-refractivity contribution in [3.05, 3.63) is 84.3 Å². The van der Waals surface area contributed by atoms with Gasteiger partial charge in [0.2, 0.25) is 0 Å². The van der Waals surface area contributed by atoms with Crippen molar-refractivity contribution in [2.45, 2.75) is 13.5 Å². The third kappa shape index (κ3) is 4.27. The van der Waals surface area contributed by atoms with Crippen molar-refractivity contribution in [1.82, 2.24) is 19.9 Å². The Morgan fingerprint density at radius 1 is 0.971 bits per heavy atom. The van der Waals surface area contributed by atoms with E-state index in [2.05, 4.69) is 15.3 Å². The van der Waals surface area contributed by atoms with Crippen LogP contribution in [-0.4, -0.2) is 27.0 Å². The molecule has 3 heterocycles. The normalized spacial score (nSPS) is 11.1. The molecule has 0 fully saturated rings. The van der Waals surface area contributed by atoms with Crippen LogP contribution >= 0.6 is 0 Å². The number of hydrogen-bond acceptors (Lipinski definition) is 7. The molecule has 3 aromatic heterocycles. The van der Waals surface area contributed by atoms with Gasteiger partial charge in [0, 0.05) is 36.3 Å². The van der Waals surface area contributed by atoms with E-state index >= 15 is 0 Å². The molecule has 5 rings (SSSR count). The van der Waals surface area contributed by atoms with Crippen molar-refractivity contribution >= 4 is 16.7 Å². The Hall–Kier alpha value is -4.40. The molecule has 0 spiro atoms. The molecule has 7 nitrogen and oxygen atoms in total. The second kappa shape index (κ2) is 8.86. The molecule has 0 saturated heterocycles. The first-order valence-corrected chi connectivity index (χ1v) is 10.4. The summed E-state index contributed by atoms with van der Waals surface area (Å²) >= 11 is 0. The quantitative estimate of drug-likeness (QED) is 0.356. The maximum absolute atomic E-state index is 13.9. The van der Waals surface area contributed by atoms with Gasteiger partial charge in [-0.25, -0.2) is 23.7 Å². The average Bonchev–Trinajstić information content (AvgIpc) is 3.26. The Morgan fingerprint density at radius 2 is 1.76 bits per heavy atom. The molecule has 0 aliphatic heterocycles. The molecule has 9 heteroatoms. The third-order valence-electron chi connectivity index (χ3n) is 5.20. The van der Waals surface area contributed by atoms with Crippen molar-refractivity contribution in [2.24, 2.45) is 0 Å². The number of nitrogens with zero attached hydrogens (tertiary/aromatic N) is 4. The SMILES string of the molecule is COc1cc(-c2cc(F)cc(F)c2)cc2c(NCc3cnc(C)o3)nc(-c3cccnc3)nc12. The monoisotopic (exact) mass is 459 g/mol. The standard InChI is InChI=1S/C25H19F2N5O2/c1-14-29-12-20(34-14)13-30-25-21-8-17(16-6-18(26)10-19(27)7-16)9-22(33-2)23(21)31-24(32-25)15-4-3-5-28-11-15/h3-12H,13H2,1-2H3,(H,30,31,32). The van der Waals surface area contributed by atoms with Crippen molar-refractivity contribution in [2.75, 3.05) is 12.4 Å². The summed E-state index contributed by atoms with van der Waals surface area (Å²) in [6.07, 6.45) is 4.97. The number of halogens is 2. The molecule has 0 aliphatic carbocycles. The Bertz CT molecular complexity index is 1470. The lowest BCUT2D eigenvalue weighted by molar-refractivity contribution is 0.419. The van der Waals surface area contributed by atoms with E-state index < -0.39 is 11.6 Å². The summed E-state index contributed by atoms with van der Waals surface area (Å²) in [4.78, 5) is 17.7. The lowest BCUT2D eigenvalue weighted by Crippen LogP contribution is -2.05. The first kappa shape index (κ1) is 21.4. The van der Waals surface area contributed by atoms with Gasteiger partial charge in [0.1, 0.15) is 34.5 Å². The number of fused-ring (bicyclic) bond motifs is 1. The van der Waals surface area contributed by atoms with Crippen LogP contribution in [0.3, 0.4) is 0 Å². The van der Waals surface area contributed by atoms with Gasteiger partial charge in [0.05, 0.1) is 19.9 Å². The molecule has 0 aliphatic rings. The molecule has 5 aromatic rings. The summed E-state index contributed by atoms with van der Waals surface area (Å²) in [5.41, 5.74) is 2.18. The summed E-state index contributed by atoms with van der Waals surface area (Å²) in [5, 5.41) is 3.89. The molecular weight excluding hydrogens is 440 g/mol. The third-order valence-corrected chi connectivity index (χ3v) is 5.20. The number of hydrogen-bond donors (Lipinski definition) is 1. The number of aromatic nitrogens is 4. The van der Waals surface area contributed by atoms with Crippen LogP contribution < -0.4 is 10.1 Å². The summed E-state index contributed by atoms with van der Waals surface area (Å²) in [6.45, 7) is 2.08. The van der Waals surface area contributed by atoms with Crippen LogP contribution in [0.5, 0.6) is 5.75 Å². The molecule has 0 atom stereocenters. The molecule has 2 aromatic carbocycles. The van der Waals surface area contributed by atoms with Gasteiger partial charge in [0.15, 0.2) is 11.7 Å². The predicted octanol–water partition coefficient (Wildman–Crippen LogP) is 5.55. The van der Waals surface area contributed by atoms with Gasteiger partial charge >= 0.3 is 0 Å². The molecule has 0 amide bonds. The smallest absolute Gasteiger partial charge is 0.191 e. The first-order valence-electron chi connectivity index (χ1n) is 10.4. The number of benzene rings is 2. The van der Waals surface area contributed by atoms with Gasteiger partial charge in [-0.1, -0.05) is 0 Å². The Morgan fingerprint density at radius 3 is 2.44 bits per heavy atom. The summed E-state index contributed by atoms with van der Waals surface area (Å²) in [7, 11) is 1.51. The lowest BCUT2D eigenvalue weighted by atomic mass is 10.0. The number of pyridine rings is 1. The highest BCUT2D eigenvalue weighted by Gasteiger charge is 2.17. The van der Waals surface area contributed by atoms with Crippen molar-refractivity contribution in [3.63, 3.8) is 0 Å². The second-order valence-electron chi connectivity index (χ2n) is 7.57. The number of methoxy groups -OCH3 is 1. The predicted molar refractivity (Wildman–Crippen MR) is 123 cm³/mol. The molecule has 1 N–H and O–H groups in total. The zero-order valence-corrected chi connectivity index (χ0v) is 18.3. The topological polar surface area (TPSA) is 86.0 Å². The number of oxazole rings is 1. The number of rotatable bonds is 6. The van der Waals surface area contributed by atoms with E-state index in [0.717, 1.165) is 11.6 Å². The van der Waals surface area contributed by atoms with Gasteiger partial charge < -0.3 is 14.5 Å². The molecular formula is C25H19F2N5O2. The number of aryl methyl sites for hydroxylation is 1. The van der Waals surface area contributed by atoms with Gasteiger partial charge in [0.25, 0.3) is 0 Å². The highest BCUT2D eigenvalue weighted by molar-refractivity contribution is 5.97. The lowest BCUT2D eigenvalue weighted by Gasteiger charge is -2.14. The largest absolute Gasteiger partial charge is 0.494 e. The zero-order valence-electron chi connectivity index (χ0n) is 18.3. The highest BCUT2D eigenvalue weighted by Crippen LogP contribution is 2.36. The summed E-state index contributed by atoms with van der Waals surface area (Å²) in [6, 6.07) is 10.5. The van der Waals surface area contributed by atoms with Crippen molar-refractivity contribution in [1.29, 1.82) is 0 Å². The van der Waals surface area contributed by atoms with E-state index in [0.29, 0.717) is 57.6 Å². The number of anilines is 1. The van der Waals surface area contributed by atoms with E-state index in [1.54, 1.807) is 43.7 Å². The highest BCUT2D eigenvalue weighted by atomic mass is 19.1. The van der Waals surface area contributed by atoms with Crippen LogP contribution in [0.25, 0.3) is 33.4 Å². The summed E-state index contributed by atoms with van der Waals surface area (Å²) < 4.78 is 39.0. The van der Waals surface area contributed by atoms with E-state index in [9.17, 15) is 8.78 Å². The fourth-order valence-electron chi connectivity index (χ4n) is 3.66. The Balaban J connectivity index is 1.70. The summed E-state index contributed by atoms with van der Waals surface area (Å²) in [5.74, 6) is 1.21. The van der Waals surface area contributed by atoms with Crippen LogP contribution in [0.4, 0.5) is 14.6 Å². The molecule has 0 saturated carbocycles. The van der Waals surface area contributed by atoms with E-state index in [1.165, 1.54) is 19.2 Å².